The van der Waals surface area contributed by atoms with Crippen LogP contribution in [-0.2, 0) is 0 Å². The van der Waals surface area contributed by atoms with Crippen LogP contribution in [0.5, 0.6) is 0 Å². The number of nitrogens with zero attached hydrogens (tertiary/aromatic N) is 1. The molecule has 1 heterocycles. The summed E-state index contributed by atoms with van der Waals surface area (Å²) in [7, 11) is 0. The SMILES string of the molecule is CCC/C1=C/C=N\C=C\CC1C. The molecule has 1 aliphatic rings. The lowest BCUT2D eigenvalue weighted by atomic mass is 9.93. The van der Waals surface area contributed by atoms with E-state index in [4.69, 9.17) is 0 Å². The van der Waals surface area contributed by atoms with Gasteiger partial charge in [-0.25, -0.2) is 0 Å². The van der Waals surface area contributed by atoms with Gasteiger partial charge >= 0.3 is 0 Å². The van der Waals surface area contributed by atoms with Crippen LogP contribution >= 0.6 is 0 Å². The lowest BCUT2D eigenvalue weighted by Gasteiger charge is -2.13. The fourth-order valence-corrected chi connectivity index (χ4v) is 1.45. The summed E-state index contributed by atoms with van der Waals surface area (Å²) >= 11 is 0. The van der Waals surface area contributed by atoms with Crippen LogP contribution in [0.25, 0.3) is 0 Å². The molecule has 0 fully saturated rings. The molecular formula is C11H17N. The van der Waals surface area contributed by atoms with Crippen LogP contribution < -0.4 is 0 Å². The molecule has 1 rings (SSSR count). The molecular weight excluding hydrogens is 146 g/mol. The molecule has 0 bridgehead atoms. The maximum atomic E-state index is 4.12. The summed E-state index contributed by atoms with van der Waals surface area (Å²) in [5, 5.41) is 0. The molecule has 1 atom stereocenters. The molecule has 0 saturated heterocycles. The molecule has 0 saturated carbocycles. The Balaban J connectivity index is 2.67. The summed E-state index contributed by atoms with van der Waals surface area (Å²) in [6.07, 6.45) is 11.7. The molecule has 1 unspecified atom stereocenters. The van der Waals surface area contributed by atoms with Crippen molar-refractivity contribution < 1.29 is 0 Å². The van der Waals surface area contributed by atoms with Crippen molar-refractivity contribution in [2.75, 3.05) is 0 Å². The molecule has 1 heteroatoms. The maximum absolute atomic E-state index is 4.12. The minimum atomic E-state index is 0.688. The minimum Gasteiger partial charge on any atom is -0.265 e. The zero-order valence-corrected chi connectivity index (χ0v) is 7.96. The standard InChI is InChI=1S/C11H17N/c1-3-5-11-7-9-12-8-4-6-10(11)2/h4,7-10H,3,5-6H2,1-2H3/b8-4+,11-7-,12-9-. The van der Waals surface area contributed by atoms with E-state index in [0.717, 1.165) is 6.42 Å². The Morgan fingerprint density at radius 2 is 2.42 bits per heavy atom. The van der Waals surface area contributed by atoms with Crippen molar-refractivity contribution in [3.8, 4) is 0 Å². The van der Waals surface area contributed by atoms with Crippen LogP contribution in [0.1, 0.15) is 33.1 Å². The van der Waals surface area contributed by atoms with Gasteiger partial charge in [0, 0.05) is 12.4 Å². The van der Waals surface area contributed by atoms with Crippen molar-refractivity contribution in [1.29, 1.82) is 0 Å². The number of rotatable bonds is 2. The Bertz CT molecular complexity index is 211. The first-order chi connectivity index (χ1) is 5.84. The lowest BCUT2D eigenvalue weighted by Crippen LogP contribution is -1.99. The van der Waals surface area contributed by atoms with Crippen molar-refractivity contribution in [1.82, 2.24) is 0 Å². The van der Waals surface area contributed by atoms with Gasteiger partial charge in [0.05, 0.1) is 0 Å². The highest BCUT2D eigenvalue weighted by Crippen LogP contribution is 2.20. The van der Waals surface area contributed by atoms with E-state index in [0.29, 0.717) is 5.92 Å². The number of aliphatic imine (C=N–C) groups is 1. The third-order valence-electron chi connectivity index (χ3n) is 2.23. The van der Waals surface area contributed by atoms with Crippen molar-refractivity contribution in [2.45, 2.75) is 33.1 Å². The Hall–Kier alpha value is -0.850. The first kappa shape index (κ1) is 9.24. The van der Waals surface area contributed by atoms with Gasteiger partial charge in [0.25, 0.3) is 0 Å². The Kier molecular flexibility index (Phi) is 3.78. The van der Waals surface area contributed by atoms with Crippen LogP contribution in [0.2, 0.25) is 0 Å². The van der Waals surface area contributed by atoms with E-state index in [1.165, 1.54) is 18.4 Å². The number of allylic oxidation sites excluding steroid dienone is 3. The first-order valence-electron chi connectivity index (χ1n) is 4.71. The highest BCUT2D eigenvalue weighted by Gasteiger charge is 2.05. The second-order valence-electron chi connectivity index (χ2n) is 3.31. The van der Waals surface area contributed by atoms with E-state index in [-0.39, 0.29) is 0 Å². The average molecular weight is 163 g/mol. The van der Waals surface area contributed by atoms with Gasteiger partial charge in [-0.1, -0.05) is 31.9 Å². The van der Waals surface area contributed by atoms with E-state index in [1.54, 1.807) is 0 Å². The summed E-state index contributed by atoms with van der Waals surface area (Å²) < 4.78 is 0. The topological polar surface area (TPSA) is 12.4 Å². The average Bonchev–Trinajstić information content (AvgIpc) is 2.05. The third-order valence-corrected chi connectivity index (χ3v) is 2.23. The molecule has 0 N–H and O–H groups in total. The van der Waals surface area contributed by atoms with E-state index >= 15 is 0 Å². The second kappa shape index (κ2) is 4.91. The molecule has 0 radical (unpaired) electrons. The molecule has 0 aromatic carbocycles. The molecule has 12 heavy (non-hydrogen) atoms. The van der Waals surface area contributed by atoms with Crippen molar-refractivity contribution in [3.05, 3.63) is 23.9 Å². The largest absolute Gasteiger partial charge is 0.265 e. The summed E-state index contributed by atoms with van der Waals surface area (Å²) in [5.41, 5.74) is 1.53. The van der Waals surface area contributed by atoms with Crippen LogP contribution in [0.15, 0.2) is 28.9 Å². The molecule has 0 aliphatic carbocycles. The van der Waals surface area contributed by atoms with Gasteiger partial charge in [-0.3, -0.25) is 4.99 Å². The molecule has 1 nitrogen and oxygen atoms in total. The Labute approximate surface area is 74.9 Å². The van der Waals surface area contributed by atoms with Gasteiger partial charge in [0.1, 0.15) is 0 Å². The Morgan fingerprint density at radius 3 is 3.17 bits per heavy atom. The van der Waals surface area contributed by atoms with E-state index < -0.39 is 0 Å². The predicted octanol–water partition coefficient (Wildman–Crippen LogP) is 3.34. The van der Waals surface area contributed by atoms with Crippen molar-refractivity contribution >= 4 is 6.21 Å². The third kappa shape index (κ3) is 2.65. The second-order valence-corrected chi connectivity index (χ2v) is 3.31. The van der Waals surface area contributed by atoms with Crippen LogP contribution in [0.4, 0.5) is 0 Å². The molecule has 66 valence electrons. The van der Waals surface area contributed by atoms with E-state index in [9.17, 15) is 0 Å². The van der Waals surface area contributed by atoms with Gasteiger partial charge in [0.15, 0.2) is 0 Å². The number of hydrogen-bond donors (Lipinski definition) is 0. The van der Waals surface area contributed by atoms with Crippen LogP contribution in [-0.4, -0.2) is 6.21 Å². The Morgan fingerprint density at radius 1 is 1.58 bits per heavy atom. The summed E-state index contributed by atoms with van der Waals surface area (Å²) in [5.74, 6) is 0.688. The van der Waals surface area contributed by atoms with Gasteiger partial charge in [-0.15, -0.1) is 0 Å². The van der Waals surface area contributed by atoms with Crippen molar-refractivity contribution in [3.63, 3.8) is 0 Å². The molecule has 0 aromatic rings. The zero-order chi connectivity index (χ0) is 8.81. The first-order valence-corrected chi connectivity index (χ1v) is 4.71. The molecule has 0 amide bonds. The number of hydrogen-bond acceptors (Lipinski definition) is 1. The minimum absolute atomic E-state index is 0.688. The predicted molar refractivity (Wildman–Crippen MR) is 54.4 cm³/mol. The van der Waals surface area contributed by atoms with E-state index in [1.807, 2.05) is 12.4 Å². The van der Waals surface area contributed by atoms with Crippen LogP contribution in [0, 0.1) is 5.92 Å². The highest BCUT2D eigenvalue weighted by atomic mass is 14.7. The van der Waals surface area contributed by atoms with Gasteiger partial charge < -0.3 is 0 Å². The monoisotopic (exact) mass is 163 g/mol. The smallest absolute Gasteiger partial charge is 0.0267 e. The van der Waals surface area contributed by atoms with Crippen LogP contribution in [0.3, 0.4) is 0 Å². The lowest BCUT2D eigenvalue weighted by molar-refractivity contribution is 0.648. The quantitative estimate of drug-likeness (QED) is 0.592. The maximum Gasteiger partial charge on any atom is 0.0267 e. The summed E-state index contributed by atoms with van der Waals surface area (Å²) in [6, 6.07) is 0. The molecule has 0 aromatic heterocycles. The van der Waals surface area contributed by atoms with Gasteiger partial charge in [-0.2, -0.15) is 0 Å². The van der Waals surface area contributed by atoms with Gasteiger partial charge in [0.2, 0.25) is 0 Å². The molecule has 1 aliphatic heterocycles. The highest BCUT2D eigenvalue weighted by molar-refractivity contribution is 5.73. The van der Waals surface area contributed by atoms with Gasteiger partial charge in [-0.05, 0) is 24.8 Å². The van der Waals surface area contributed by atoms with Crippen molar-refractivity contribution in [2.24, 2.45) is 10.9 Å². The summed E-state index contributed by atoms with van der Waals surface area (Å²) in [6.45, 7) is 4.50. The normalized spacial score (nSPS) is 32.8. The van der Waals surface area contributed by atoms with E-state index in [2.05, 4.69) is 31.0 Å². The fraction of sp³-hybridized carbons (Fsp3) is 0.545. The zero-order valence-electron chi connectivity index (χ0n) is 7.96. The fourth-order valence-electron chi connectivity index (χ4n) is 1.45. The molecule has 0 spiro atoms. The summed E-state index contributed by atoms with van der Waals surface area (Å²) in [4.78, 5) is 4.12.